The summed E-state index contributed by atoms with van der Waals surface area (Å²) in [5.41, 5.74) is 0.290. The first kappa shape index (κ1) is 16.2. The number of nitrogens with one attached hydrogen (secondary N) is 2. The van der Waals surface area contributed by atoms with Crippen molar-refractivity contribution in [1.82, 2.24) is 15.5 Å². The van der Waals surface area contributed by atoms with Gasteiger partial charge in [0.1, 0.15) is 0 Å². The van der Waals surface area contributed by atoms with E-state index in [0.717, 1.165) is 30.8 Å². The molecule has 2 N–H and O–H groups in total. The van der Waals surface area contributed by atoms with Gasteiger partial charge in [-0.3, -0.25) is 4.79 Å². The Morgan fingerprint density at radius 3 is 2.18 bits per heavy atom. The molecule has 0 atom stereocenters. The first-order chi connectivity index (χ1) is 10.4. The van der Waals surface area contributed by atoms with Gasteiger partial charge >= 0.3 is 0 Å². The number of carbonyl (C=O) groups excluding carboxylic acids is 1. The summed E-state index contributed by atoms with van der Waals surface area (Å²) in [4.78, 5) is 14.5. The maximum absolute atomic E-state index is 12.4. The SMILES string of the molecule is CN(C)CCNC(=S)NC(=O)CC12CC3CC(CC(C3)C1)C2. The van der Waals surface area contributed by atoms with Gasteiger partial charge in [-0.25, -0.2) is 0 Å². The van der Waals surface area contributed by atoms with Gasteiger partial charge in [0.25, 0.3) is 0 Å². The molecular weight excluding hydrogens is 294 g/mol. The van der Waals surface area contributed by atoms with E-state index in [9.17, 15) is 4.79 Å². The van der Waals surface area contributed by atoms with Crippen molar-refractivity contribution in [2.75, 3.05) is 27.2 Å². The molecule has 22 heavy (non-hydrogen) atoms. The molecule has 0 radical (unpaired) electrons. The van der Waals surface area contributed by atoms with E-state index in [2.05, 4.69) is 15.5 Å². The fourth-order valence-electron chi connectivity index (χ4n) is 5.46. The molecule has 4 rings (SSSR count). The molecule has 4 aliphatic rings. The van der Waals surface area contributed by atoms with E-state index in [4.69, 9.17) is 12.2 Å². The Kier molecular flexibility index (Phi) is 4.74. The highest BCUT2D eigenvalue weighted by Gasteiger charge is 2.51. The predicted molar refractivity (Wildman–Crippen MR) is 92.5 cm³/mol. The first-order valence-electron chi connectivity index (χ1n) is 8.66. The zero-order valence-electron chi connectivity index (χ0n) is 13.9. The van der Waals surface area contributed by atoms with Crippen LogP contribution in [-0.2, 0) is 4.79 Å². The van der Waals surface area contributed by atoms with Crippen LogP contribution in [-0.4, -0.2) is 43.1 Å². The maximum Gasteiger partial charge on any atom is 0.226 e. The van der Waals surface area contributed by atoms with Gasteiger partial charge in [0, 0.05) is 19.5 Å². The maximum atomic E-state index is 12.4. The average molecular weight is 324 g/mol. The van der Waals surface area contributed by atoms with Crippen molar-refractivity contribution in [2.45, 2.75) is 44.9 Å². The number of rotatable bonds is 5. The second-order valence-electron chi connectivity index (χ2n) is 8.20. The van der Waals surface area contributed by atoms with Crippen molar-refractivity contribution in [2.24, 2.45) is 23.2 Å². The molecule has 0 saturated heterocycles. The van der Waals surface area contributed by atoms with Crippen LogP contribution in [0.4, 0.5) is 0 Å². The zero-order valence-corrected chi connectivity index (χ0v) is 14.7. The van der Waals surface area contributed by atoms with Crippen molar-refractivity contribution in [3.63, 3.8) is 0 Å². The highest BCUT2D eigenvalue weighted by molar-refractivity contribution is 7.80. The molecule has 4 saturated carbocycles. The second kappa shape index (κ2) is 6.44. The van der Waals surface area contributed by atoms with Crippen molar-refractivity contribution in [3.8, 4) is 0 Å². The van der Waals surface area contributed by atoms with Gasteiger partial charge in [0.15, 0.2) is 5.11 Å². The Balaban J connectivity index is 1.46. The number of nitrogens with zero attached hydrogens (tertiary/aromatic N) is 1. The normalized spacial score (nSPS) is 35.7. The molecular formula is C17H29N3OS. The lowest BCUT2D eigenvalue weighted by atomic mass is 9.49. The lowest BCUT2D eigenvalue weighted by Crippen LogP contribution is -2.49. The van der Waals surface area contributed by atoms with Crippen LogP contribution in [0.15, 0.2) is 0 Å². The van der Waals surface area contributed by atoms with Crippen LogP contribution < -0.4 is 10.6 Å². The molecule has 4 fully saturated rings. The standard InChI is InChI=1S/C17H29N3OS/c1-20(2)4-3-18-16(22)19-15(21)11-17-8-12-5-13(9-17)7-14(6-12)10-17/h12-14H,3-11H2,1-2H3,(H2,18,19,21,22). The summed E-state index contributed by atoms with van der Waals surface area (Å²) in [6, 6.07) is 0. The van der Waals surface area contributed by atoms with Crippen molar-refractivity contribution < 1.29 is 4.79 Å². The third-order valence-electron chi connectivity index (χ3n) is 5.80. The second-order valence-corrected chi connectivity index (χ2v) is 8.61. The van der Waals surface area contributed by atoms with Crippen LogP contribution in [0.5, 0.6) is 0 Å². The van der Waals surface area contributed by atoms with Gasteiger partial charge in [-0.1, -0.05) is 0 Å². The molecule has 4 nitrogen and oxygen atoms in total. The summed E-state index contributed by atoms with van der Waals surface area (Å²) in [5.74, 6) is 2.79. The molecule has 0 aliphatic heterocycles. The van der Waals surface area contributed by atoms with Gasteiger partial charge in [0.2, 0.25) is 5.91 Å². The average Bonchev–Trinajstić information content (AvgIpc) is 2.34. The molecule has 0 heterocycles. The van der Waals surface area contributed by atoms with Crippen LogP contribution in [0.1, 0.15) is 44.9 Å². The van der Waals surface area contributed by atoms with Crippen molar-refractivity contribution in [1.29, 1.82) is 0 Å². The molecule has 4 aliphatic carbocycles. The third kappa shape index (κ3) is 3.80. The van der Waals surface area contributed by atoms with E-state index < -0.39 is 0 Å². The highest BCUT2D eigenvalue weighted by atomic mass is 32.1. The zero-order chi connectivity index (χ0) is 15.7. The number of hydrogen-bond acceptors (Lipinski definition) is 3. The van der Waals surface area contributed by atoms with E-state index in [-0.39, 0.29) is 11.3 Å². The van der Waals surface area contributed by atoms with Gasteiger partial charge in [-0.2, -0.15) is 0 Å². The Morgan fingerprint density at radius 1 is 1.14 bits per heavy atom. The number of hydrogen-bond donors (Lipinski definition) is 2. The summed E-state index contributed by atoms with van der Waals surface area (Å²) < 4.78 is 0. The Hall–Kier alpha value is -0.680. The van der Waals surface area contributed by atoms with Gasteiger partial charge < -0.3 is 15.5 Å². The smallest absolute Gasteiger partial charge is 0.226 e. The summed E-state index contributed by atoms with van der Waals surface area (Å²) >= 11 is 5.23. The quantitative estimate of drug-likeness (QED) is 0.761. The molecule has 0 unspecified atom stereocenters. The lowest BCUT2D eigenvalue weighted by Gasteiger charge is -2.56. The lowest BCUT2D eigenvalue weighted by molar-refractivity contribution is -0.128. The minimum atomic E-state index is 0.115. The van der Waals surface area contributed by atoms with Gasteiger partial charge in [0.05, 0.1) is 0 Å². The van der Waals surface area contributed by atoms with Crippen molar-refractivity contribution >= 4 is 23.2 Å². The molecule has 5 heteroatoms. The summed E-state index contributed by atoms with van der Waals surface area (Å²) in [5, 5.41) is 6.49. The van der Waals surface area contributed by atoms with Crippen LogP contribution in [0.2, 0.25) is 0 Å². The first-order valence-corrected chi connectivity index (χ1v) is 9.07. The van der Waals surface area contributed by atoms with E-state index in [1.807, 2.05) is 14.1 Å². The fourth-order valence-corrected chi connectivity index (χ4v) is 5.67. The van der Waals surface area contributed by atoms with Crippen LogP contribution >= 0.6 is 12.2 Å². The summed E-state index contributed by atoms with van der Waals surface area (Å²) in [7, 11) is 4.05. The molecule has 0 aromatic carbocycles. The molecule has 1 amide bonds. The van der Waals surface area contributed by atoms with E-state index in [1.54, 1.807) is 0 Å². The highest BCUT2D eigenvalue weighted by Crippen LogP contribution is 2.61. The van der Waals surface area contributed by atoms with E-state index >= 15 is 0 Å². The topological polar surface area (TPSA) is 44.4 Å². The number of likely N-dealkylation sites (N-methyl/N-ethyl adjacent to an activating group) is 1. The summed E-state index contributed by atoms with van der Waals surface area (Å²) in [6.45, 7) is 1.68. The Morgan fingerprint density at radius 2 is 1.68 bits per heavy atom. The number of carbonyl (C=O) groups is 1. The largest absolute Gasteiger partial charge is 0.361 e. The fraction of sp³-hybridized carbons (Fsp3) is 0.882. The van der Waals surface area contributed by atoms with E-state index in [1.165, 1.54) is 38.5 Å². The minimum Gasteiger partial charge on any atom is -0.361 e. The van der Waals surface area contributed by atoms with Crippen LogP contribution in [0, 0.1) is 23.2 Å². The van der Waals surface area contributed by atoms with Gasteiger partial charge in [-0.15, -0.1) is 0 Å². The Bertz CT molecular complexity index is 414. The molecule has 124 valence electrons. The van der Waals surface area contributed by atoms with Gasteiger partial charge in [-0.05, 0) is 88.0 Å². The molecule has 4 bridgehead atoms. The summed E-state index contributed by atoms with van der Waals surface area (Å²) in [6.07, 6.45) is 8.75. The predicted octanol–water partition coefficient (Wildman–Crippen LogP) is 2.15. The molecule has 0 aromatic rings. The van der Waals surface area contributed by atoms with Crippen LogP contribution in [0.3, 0.4) is 0 Å². The number of thiocarbonyl (C=S) groups is 1. The Labute approximate surface area is 139 Å². The van der Waals surface area contributed by atoms with Crippen molar-refractivity contribution in [3.05, 3.63) is 0 Å². The van der Waals surface area contributed by atoms with Crippen LogP contribution in [0.25, 0.3) is 0 Å². The number of amides is 1. The molecule has 0 aromatic heterocycles. The minimum absolute atomic E-state index is 0.115. The monoisotopic (exact) mass is 323 g/mol. The van der Waals surface area contributed by atoms with E-state index in [0.29, 0.717) is 11.5 Å². The molecule has 0 spiro atoms. The third-order valence-corrected chi connectivity index (χ3v) is 6.04.